The van der Waals surface area contributed by atoms with Crippen molar-refractivity contribution in [3.8, 4) is 0 Å². The normalized spacial score (nSPS) is 11.2. The molecule has 0 radical (unpaired) electrons. The highest BCUT2D eigenvalue weighted by molar-refractivity contribution is 7.11. The van der Waals surface area contributed by atoms with Crippen molar-refractivity contribution in [2.24, 2.45) is 5.41 Å². The average Bonchev–Trinajstić information content (AvgIpc) is 2.86. The van der Waals surface area contributed by atoms with Gasteiger partial charge in [0.05, 0.1) is 6.61 Å². The van der Waals surface area contributed by atoms with E-state index in [1.54, 1.807) is 12.3 Å². The van der Waals surface area contributed by atoms with Crippen LogP contribution in [0.1, 0.15) is 54.4 Å². The van der Waals surface area contributed by atoms with Crippen LogP contribution >= 0.6 is 11.3 Å². The van der Waals surface area contributed by atoms with Gasteiger partial charge in [-0.15, -0.1) is 11.3 Å². The zero-order valence-electron chi connectivity index (χ0n) is 11.8. The number of nitrogens with zero attached hydrogens (tertiary/aromatic N) is 1. The van der Waals surface area contributed by atoms with Crippen LogP contribution in [0, 0.1) is 5.41 Å². The summed E-state index contributed by atoms with van der Waals surface area (Å²) in [5.74, 6) is -0.742. The molecule has 0 bridgehead atoms. The summed E-state index contributed by atoms with van der Waals surface area (Å²) in [6.07, 6.45) is 0.971. The van der Waals surface area contributed by atoms with Gasteiger partial charge in [-0.2, -0.15) is 0 Å². The van der Waals surface area contributed by atoms with E-state index in [0.717, 1.165) is 17.8 Å². The molecule has 0 atom stereocenters. The summed E-state index contributed by atoms with van der Waals surface area (Å²) in [6, 6.07) is 0. The number of esters is 1. The van der Waals surface area contributed by atoms with Gasteiger partial charge in [-0.05, 0) is 18.8 Å². The van der Waals surface area contributed by atoms with Crippen molar-refractivity contribution in [2.75, 3.05) is 13.2 Å². The van der Waals surface area contributed by atoms with Crippen molar-refractivity contribution < 1.29 is 14.3 Å². The van der Waals surface area contributed by atoms with E-state index >= 15 is 0 Å². The summed E-state index contributed by atoms with van der Waals surface area (Å²) in [7, 11) is 0. The highest BCUT2D eigenvalue weighted by Crippen LogP contribution is 2.18. The second-order valence-corrected chi connectivity index (χ2v) is 5.82. The standard InChI is InChI=1S/C13H20N2O3S/c1-5-13(3,4)8-14-10(16)9-7-19-11(15-9)12(17)18-6-2/h7H,5-6,8H2,1-4H3,(H,14,16). The first-order valence-electron chi connectivity index (χ1n) is 6.30. The van der Waals surface area contributed by atoms with Crippen molar-refractivity contribution in [2.45, 2.75) is 34.1 Å². The molecule has 0 fully saturated rings. The highest BCUT2D eigenvalue weighted by Gasteiger charge is 2.19. The molecule has 0 aliphatic heterocycles. The Hall–Kier alpha value is -1.43. The monoisotopic (exact) mass is 284 g/mol. The Balaban J connectivity index is 2.61. The Morgan fingerprint density at radius 1 is 1.42 bits per heavy atom. The third kappa shape index (κ3) is 4.63. The van der Waals surface area contributed by atoms with E-state index in [1.165, 1.54) is 0 Å². The Bertz CT molecular complexity index is 454. The molecule has 0 aromatic carbocycles. The lowest BCUT2D eigenvalue weighted by atomic mass is 9.90. The number of carbonyl (C=O) groups is 2. The smallest absolute Gasteiger partial charge is 0.367 e. The maximum absolute atomic E-state index is 11.9. The van der Waals surface area contributed by atoms with E-state index in [2.05, 4.69) is 31.1 Å². The first-order valence-corrected chi connectivity index (χ1v) is 7.18. The molecule has 0 aliphatic rings. The van der Waals surface area contributed by atoms with Gasteiger partial charge in [0.1, 0.15) is 5.69 Å². The lowest BCUT2D eigenvalue weighted by Crippen LogP contribution is -2.33. The van der Waals surface area contributed by atoms with E-state index < -0.39 is 5.97 Å². The summed E-state index contributed by atoms with van der Waals surface area (Å²) in [5, 5.41) is 4.61. The molecule has 1 heterocycles. The van der Waals surface area contributed by atoms with Crippen LogP contribution in [0.3, 0.4) is 0 Å². The molecule has 0 saturated heterocycles. The Morgan fingerprint density at radius 3 is 2.68 bits per heavy atom. The van der Waals surface area contributed by atoms with Gasteiger partial charge in [-0.25, -0.2) is 9.78 Å². The van der Waals surface area contributed by atoms with Gasteiger partial charge < -0.3 is 10.1 Å². The van der Waals surface area contributed by atoms with Crippen LogP contribution in [0.25, 0.3) is 0 Å². The molecule has 1 aromatic heterocycles. The van der Waals surface area contributed by atoms with Gasteiger partial charge in [0.2, 0.25) is 5.01 Å². The first-order chi connectivity index (χ1) is 8.89. The molecule has 0 aliphatic carbocycles. The van der Waals surface area contributed by atoms with Gasteiger partial charge in [0, 0.05) is 11.9 Å². The number of amides is 1. The van der Waals surface area contributed by atoms with Gasteiger partial charge in [0.15, 0.2) is 0 Å². The predicted octanol–water partition coefficient (Wildman–Crippen LogP) is 2.49. The van der Waals surface area contributed by atoms with Crippen LogP contribution < -0.4 is 5.32 Å². The van der Waals surface area contributed by atoms with Crippen molar-refractivity contribution in [1.29, 1.82) is 0 Å². The minimum Gasteiger partial charge on any atom is -0.461 e. The fourth-order valence-corrected chi connectivity index (χ4v) is 1.89. The summed E-state index contributed by atoms with van der Waals surface area (Å²) >= 11 is 1.12. The largest absolute Gasteiger partial charge is 0.461 e. The van der Waals surface area contributed by atoms with Crippen molar-refractivity contribution in [3.05, 3.63) is 16.1 Å². The number of aromatic nitrogens is 1. The number of carbonyl (C=O) groups excluding carboxylic acids is 2. The summed E-state index contributed by atoms with van der Waals surface area (Å²) in [5.41, 5.74) is 0.315. The molecule has 0 unspecified atom stereocenters. The second kappa shape index (κ2) is 6.65. The molecule has 1 amide bonds. The Kier molecular flexibility index (Phi) is 5.47. The minimum atomic E-state index is -0.486. The van der Waals surface area contributed by atoms with Crippen LogP contribution in [-0.2, 0) is 4.74 Å². The summed E-state index contributed by atoms with van der Waals surface area (Å²) in [6.45, 7) is 8.84. The second-order valence-electron chi connectivity index (χ2n) is 4.96. The zero-order valence-corrected chi connectivity index (χ0v) is 12.6. The van der Waals surface area contributed by atoms with Crippen LogP contribution in [0.4, 0.5) is 0 Å². The van der Waals surface area contributed by atoms with Crippen LogP contribution in [0.5, 0.6) is 0 Å². The molecule has 0 saturated carbocycles. The molecule has 1 N–H and O–H groups in total. The maximum Gasteiger partial charge on any atom is 0.367 e. The quantitative estimate of drug-likeness (QED) is 0.815. The van der Waals surface area contributed by atoms with Gasteiger partial charge in [-0.1, -0.05) is 20.8 Å². The van der Waals surface area contributed by atoms with Crippen molar-refractivity contribution >= 4 is 23.2 Å². The Labute approximate surface area is 117 Å². The molecule has 19 heavy (non-hydrogen) atoms. The van der Waals surface area contributed by atoms with Gasteiger partial charge in [0.25, 0.3) is 5.91 Å². The van der Waals surface area contributed by atoms with E-state index in [4.69, 9.17) is 4.74 Å². The number of thiazole rings is 1. The Morgan fingerprint density at radius 2 is 2.11 bits per heavy atom. The van der Waals surface area contributed by atoms with Crippen LogP contribution in [0.15, 0.2) is 5.38 Å². The molecule has 106 valence electrons. The number of hydrogen-bond acceptors (Lipinski definition) is 5. The molecule has 0 spiro atoms. The van der Waals surface area contributed by atoms with Crippen molar-refractivity contribution in [1.82, 2.24) is 10.3 Å². The molecule has 1 aromatic rings. The minimum absolute atomic E-state index is 0.0512. The molecule has 1 rings (SSSR count). The van der Waals surface area contributed by atoms with Crippen LogP contribution in [-0.4, -0.2) is 30.0 Å². The number of ether oxygens (including phenoxy) is 1. The molecular formula is C13H20N2O3S. The molecule has 6 heteroatoms. The van der Waals surface area contributed by atoms with E-state index in [9.17, 15) is 9.59 Å². The molecule has 5 nitrogen and oxygen atoms in total. The highest BCUT2D eigenvalue weighted by atomic mass is 32.1. The average molecular weight is 284 g/mol. The third-order valence-corrected chi connectivity index (χ3v) is 3.69. The number of hydrogen-bond donors (Lipinski definition) is 1. The lowest BCUT2D eigenvalue weighted by molar-refractivity contribution is 0.0526. The van der Waals surface area contributed by atoms with E-state index in [0.29, 0.717) is 13.2 Å². The van der Waals surface area contributed by atoms with E-state index in [1.807, 2.05) is 0 Å². The van der Waals surface area contributed by atoms with Crippen LogP contribution in [0.2, 0.25) is 0 Å². The van der Waals surface area contributed by atoms with Crippen molar-refractivity contribution in [3.63, 3.8) is 0 Å². The lowest BCUT2D eigenvalue weighted by Gasteiger charge is -2.22. The van der Waals surface area contributed by atoms with Gasteiger partial charge in [-0.3, -0.25) is 4.79 Å². The topological polar surface area (TPSA) is 68.3 Å². The zero-order chi connectivity index (χ0) is 14.5. The first kappa shape index (κ1) is 15.6. The molecular weight excluding hydrogens is 264 g/mol. The van der Waals surface area contributed by atoms with Gasteiger partial charge >= 0.3 is 5.97 Å². The van der Waals surface area contributed by atoms with E-state index in [-0.39, 0.29) is 22.0 Å². The maximum atomic E-state index is 11.9. The number of rotatable bonds is 6. The fraction of sp³-hybridized carbons (Fsp3) is 0.615. The summed E-state index contributed by atoms with van der Waals surface area (Å²) in [4.78, 5) is 27.3. The fourth-order valence-electron chi connectivity index (χ4n) is 1.20. The predicted molar refractivity (Wildman–Crippen MR) is 74.5 cm³/mol. The SMILES string of the molecule is CCOC(=O)c1nc(C(=O)NCC(C)(C)CC)cs1. The third-order valence-electron chi connectivity index (χ3n) is 2.87. The summed E-state index contributed by atoms with van der Waals surface area (Å²) < 4.78 is 4.83. The number of nitrogens with one attached hydrogen (secondary N) is 1.